The van der Waals surface area contributed by atoms with Crippen molar-refractivity contribution < 1.29 is 9.18 Å². The molecule has 0 unspecified atom stereocenters. The zero-order valence-corrected chi connectivity index (χ0v) is 15.0. The zero-order valence-electron chi connectivity index (χ0n) is 14.2. The topological polar surface area (TPSA) is 61.9 Å². The van der Waals surface area contributed by atoms with Crippen LogP contribution in [0, 0.1) is 5.82 Å². The molecule has 2 aromatic heterocycles. The van der Waals surface area contributed by atoms with E-state index in [1.165, 1.54) is 18.3 Å². The van der Waals surface area contributed by atoms with Gasteiger partial charge < -0.3 is 4.90 Å². The number of hydrogen-bond donors (Lipinski definition) is 1. The quantitative estimate of drug-likeness (QED) is 0.712. The maximum Gasteiger partial charge on any atom is 0.272 e. The summed E-state index contributed by atoms with van der Waals surface area (Å²) in [5.41, 5.74) is 2.69. The molecule has 2 heterocycles. The number of pyridine rings is 1. The van der Waals surface area contributed by atoms with E-state index >= 15 is 0 Å². The molecular formula is C19H18ClFN4O. The number of H-pyrrole nitrogens is 1. The van der Waals surface area contributed by atoms with E-state index in [-0.39, 0.29) is 11.7 Å². The van der Waals surface area contributed by atoms with Gasteiger partial charge in [0.25, 0.3) is 5.91 Å². The molecular weight excluding hydrogens is 355 g/mol. The standard InChI is InChI=1S/C19H18ClFN4O/c1-25(19(26)18-11-14(20)7-8-22-18)9-3-6-16-12-17(24-23-16)13-4-2-5-15(21)10-13/h2,4-5,7-8,10-12H,3,6,9H2,1H3,(H,23,24). The van der Waals surface area contributed by atoms with E-state index in [1.807, 2.05) is 12.1 Å². The van der Waals surface area contributed by atoms with Gasteiger partial charge in [0, 0.05) is 36.1 Å². The van der Waals surface area contributed by atoms with Gasteiger partial charge in [-0.1, -0.05) is 23.7 Å². The molecule has 0 aliphatic heterocycles. The Bertz CT molecular complexity index is 912. The number of carbonyl (C=O) groups excluding carboxylic acids is 1. The van der Waals surface area contributed by atoms with Gasteiger partial charge in [0.2, 0.25) is 0 Å². The lowest BCUT2D eigenvalue weighted by Gasteiger charge is -2.16. The van der Waals surface area contributed by atoms with Gasteiger partial charge in [0.15, 0.2) is 0 Å². The molecule has 0 saturated heterocycles. The first-order valence-corrected chi connectivity index (χ1v) is 8.58. The third-order valence-electron chi connectivity index (χ3n) is 3.98. The van der Waals surface area contributed by atoms with Gasteiger partial charge in [0.05, 0.1) is 5.69 Å². The van der Waals surface area contributed by atoms with E-state index in [1.54, 1.807) is 30.1 Å². The summed E-state index contributed by atoms with van der Waals surface area (Å²) < 4.78 is 13.3. The largest absolute Gasteiger partial charge is 0.340 e. The number of nitrogens with zero attached hydrogens (tertiary/aromatic N) is 3. The van der Waals surface area contributed by atoms with Gasteiger partial charge in [0.1, 0.15) is 11.5 Å². The van der Waals surface area contributed by atoms with Crippen molar-refractivity contribution in [3.05, 3.63) is 70.9 Å². The molecule has 1 amide bonds. The summed E-state index contributed by atoms with van der Waals surface area (Å²) in [5, 5.41) is 7.67. The van der Waals surface area contributed by atoms with Crippen molar-refractivity contribution in [1.29, 1.82) is 0 Å². The Labute approximate surface area is 155 Å². The molecule has 0 atom stereocenters. The second-order valence-electron chi connectivity index (χ2n) is 5.98. The summed E-state index contributed by atoms with van der Waals surface area (Å²) in [6.07, 6.45) is 3.00. The van der Waals surface area contributed by atoms with E-state index in [4.69, 9.17) is 11.6 Å². The minimum Gasteiger partial charge on any atom is -0.340 e. The van der Waals surface area contributed by atoms with Crippen molar-refractivity contribution in [2.75, 3.05) is 13.6 Å². The molecule has 0 aliphatic carbocycles. The van der Waals surface area contributed by atoms with E-state index in [0.29, 0.717) is 23.0 Å². The highest BCUT2D eigenvalue weighted by Gasteiger charge is 2.13. The Morgan fingerprint density at radius 3 is 2.88 bits per heavy atom. The predicted molar refractivity (Wildman–Crippen MR) is 98.5 cm³/mol. The molecule has 5 nitrogen and oxygen atoms in total. The molecule has 0 radical (unpaired) electrons. The summed E-state index contributed by atoms with van der Waals surface area (Å²) in [6, 6.07) is 11.4. The Kier molecular flexibility index (Phi) is 5.63. The first kappa shape index (κ1) is 18.1. The minimum atomic E-state index is -0.290. The number of aromatic nitrogens is 3. The number of hydrogen-bond acceptors (Lipinski definition) is 3. The second kappa shape index (κ2) is 8.10. The van der Waals surface area contributed by atoms with Crippen molar-refractivity contribution in [3.8, 4) is 11.3 Å². The molecule has 0 saturated carbocycles. The molecule has 26 heavy (non-hydrogen) atoms. The maximum atomic E-state index is 13.3. The van der Waals surface area contributed by atoms with Crippen molar-refractivity contribution in [2.45, 2.75) is 12.8 Å². The van der Waals surface area contributed by atoms with Crippen molar-refractivity contribution in [1.82, 2.24) is 20.1 Å². The molecule has 3 rings (SSSR count). The van der Waals surface area contributed by atoms with Crippen LogP contribution in [0.1, 0.15) is 22.6 Å². The van der Waals surface area contributed by atoms with Crippen LogP contribution < -0.4 is 0 Å². The van der Waals surface area contributed by atoms with Crippen molar-refractivity contribution in [2.24, 2.45) is 0 Å². The van der Waals surface area contributed by atoms with Crippen LogP contribution in [-0.2, 0) is 6.42 Å². The van der Waals surface area contributed by atoms with E-state index in [0.717, 1.165) is 24.1 Å². The summed E-state index contributed by atoms with van der Waals surface area (Å²) in [6.45, 7) is 0.571. The van der Waals surface area contributed by atoms with E-state index in [9.17, 15) is 9.18 Å². The molecule has 0 aliphatic rings. The SMILES string of the molecule is CN(CCCc1cc(-c2cccc(F)c2)n[nH]1)C(=O)c1cc(Cl)ccn1. The predicted octanol–water partition coefficient (Wildman–Crippen LogP) is 3.97. The molecule has 134 valence electrons. The molecule has 0 spiro atoms. The van der Waals surface area contributed by atoms with Crippen molar-refractivity contribution >= 4 is 17.5 Å². The van der Waals surface area contributed by atoms with E-state index < -0.39 is 0 Å². The number of amides is 1. The molecule has 1 N–H and O–H groups in total. The highest BCUT2D eigenvalue weighted by molar-refractivity contribution is 6.30. The summed E-state index contributed by atoms with van der Waals surface area (Å²) >= 11 is 5.90. The van der Waals surface area contributed by atoms with Gasteiger partial charge in [-0.2, -0.15) is 5.10 Å². The molecule has 7 heteroatoms. The summed E-state index contributed by atoms with van der Waals surface area (Å²) in [5.74, 6) is -0.459. The smallest absolute Gasteiger partial charge is 0.272 e. The third kappa shape index (κ3) is 4.46. The monoisotopic (exact) mass is 372 g/mol. The molecule has 1 aromatic carbocycles. The Balaban J connectivity index is 1.54. The van der Waals surface area contributed by atoms with Gasteiger partial charge in [-0.05, 0) is 43.2 Å². The lowest BCUT2D eigenvalue weighted by Crippen LogP contribution is -2.28. The average molecular weight is 373 g/mol. The number of aromatic amines is 1. The highest BCUT2D eigenvalue weighted by Crippen LogP contribution is 2.19. The number of aryl methyl sites for hydroxylation is 1. The fraction of sp³-hybridized carbons (Fsp3) is 0.211. The van der Waals surface area contributed by atoms with Crippen LogP contribution in [0.15, 0.2) is 48.7 Å². The lowest BCUT2D eigenvalue weighted by molar-refractivity contribution is 0.0787. The molecule has 0 bridgehead atoms. The van der Waals surface area contributed by atoms with Gasteiger partial charge in [-0.25, -0.2) is 4.39 Å². The Morgan fingerprint density at radius 2 is 2.12 bits per heavy atom. The number of carbonyl (C=O) groups is 1. The fourth-order valence-electron chi connectivity index (χ4n) is 2.61. The fourth-order valence-corrected chi connectivity index (χ4v) is 2.77. The van der Waals surface area contributed by atoms with Gasteiger partial charge in [-0.3, -0.25) is 14.9 Å². The van der Waals surface area contributed by atoms with Crippen molar-refractivity contribution in [3.63, 3.8) is 0 Å². The van der Waals surface area contributed by atoms with Crippen LogP contribution in [0.25, 0.3) is 11.3 Å². The average Bonchev–Trinajstić information content (AvgIpc) is 3.10. The van der Waals surface area contributed by atoms with Crippen LogP contribution in [0.5, 0.6) is 0 Å². The van der Waals surface area contributed by atoms with Crippen LogP contribution in [0.3, 0.4) is 0 Å². The van der Waals surface area contributed by atoms with Crippen LogP contribution in [-0.4, -0.2) is 39.6 Å². The number of halogens is 2. The third-order valence-corrected chi connectivity index (χ3v) is 4.21. The second-order valence-corrected chi connectivity index (χ2v) is 6.41. The number of nitrogens with one attached hydrogen (secondary N) is 1. The highest BCUT2D eigenvalue weighted by atomic mass is 35.5. The first-order valence-electron chi connectivity index (χ1n) is 8.20. The number of benzene rings is 1. The first-order chi connectivity index (χ1) is 12.5. The Hall–Kier alpha value is -2.73. The Morgan fingerprint density at radius 1 is 1.27 bits per heavy atom. The summed E-state index contributed by atoms with van der Waals surface area (Å²) in [4.78, 5) is 18.0. The number of rotatable bonds is 6. The summed E-state index contributed by atoms with van der Waals surface area (Å²) in [7, 11) is 1.73. The minimum absolute atomic E-state index is 0.169. The van der Waals surface area contributed by atoms with Crippen LogP contribution in [0.2, 0.25) is 5.02 Å². The molecule has 0 fully saturated rings. The van der Waals surface area contributed by atoms with Crippen LogP contribution >= 0.6 is 11.6 Å². The van der Waals surface area contributed by atoms with Gasteiger partial charge in [-0.15, -0.1) is 0 Å². The molecule has 3 aromatic rings. The van der Waals surface area contributed by atoms with Crippen LogP contribution in [0.4, 0.5) is 4.39 Å². The normalized spacial score (nSPS) is 10.7. The van der Waals surface area contributed by atoms with E-state index in [2.05, 4.69) is 15.2 Å². The zero-order chi connectivity index (χ0) is 18.5. The van der Waals surface area contributed by atoms with Gasteiger partial charge >= 0.3 is 0 Å². The lowest BCUT2D eigenvalue weighted by atomic mass is 10.1. The maximum absolute atomic E-state index is 13.3.